The standard InChI is InChI=1S/C11H12BrNO5/c1-3-17-10(14)6-18-11-7(2)4-8(13(15)16)5-9(11)12/h4-5H,3,6H2,1-2H3. The van der Waals surface area contributed by atoms with Crippen molar-refractivity contribution in [3.8, 4) is 5.75 Å². The first-order valence-corrected chi connectivity index (χ1v) is 5.98. The molecule has 0 spiro atoms. The number of nitro groups is 1. The quantitative estimate of drug-likeness (QED) is 0.474. The Morgan fingerprint density at radius 1 is 1.50 bits per heavy atom. The Labute approximate surface area is 112 Å². The van der Waals surface area contributed by atoms with Gasteiger partial charge >= 0.3 is 5.97 Å². The number of hydrogen-bond donors (Lipinski definition) is 0. The molecule has 18 heavy (non-hydrogen) atoms. The molecule has 98 valence electrons. The van der Waals surface area contributed by atoms with E-state index in [1.807, 2.05) is 0 Å². The van der Waals surface area contributed by atoms with Gasteiger partial charge in [0.2, 0.25) is 0 Å². The largest absolute Gasteiger partial charge is 0.480 e. The normalized spacial score (nSPS) is 9.94. The summed E-state index contributed by atoms with van der Waals surface area (Å²) >= 11 is 3.17. The summed E-state index contributed by atoms with van der Waals surface area (Å²) in [6, 6.07) is 2.71. The number of nitrogens with zero attached hydrogens (tertiary/aromatic N) is 1. The topological polar surface area (TPSA) is 78.7 Å². The van der Waals surface area contributed by atoms with Crippen molar-refractivity contribution in [2.75, 3.05) is 13.2 Å². The van der Waals surface area contributed by atoms with Gasteiger partial charge in [0, 0.05) is 12.1 Å². The smallest absolute Gasteiger partial charge is 0.344 e. The Morgan fingerprint density at radius 3 is 2.67 bits per heavy atom. The molecule has 0 radical (unpaired) electrons. The van der Waals surface area contributed by atoms with Crippen molar-refractivity contribution in [2.45, 2.75) is 13.8 Å². The molecule has 0 N–H and O–H groups in total. The molecule has 0 aliphatic rings. The van der Waals surface area contributed by atoms with E-state index in [2.05, 4.69) is 15.9 Å². The third-order valence-electron chi connectivity index (χ3n) is 2.06. The number of non-ortho nitro benzene ring substituents is 1. The first-order chi connectivity index (χ1) is 8.45. The van der Waals surface area contributed by atoms with Crippen molar-refractivity contribution in [1.29, 1.82) is 0 Å². The third-order valence-corrected chi connectivity index (χ3v) is 2.65. The zero-order valence-corrected chi connectivity index (χ0v) is 11.5. The number of rotatable bonds is 5. The number of hydrogen-bond acceptors (Lipinski definition) is 5. The molecule has 0 unspecified atom stereocenters. The number of ether oxygens (including phenoxy) is 2. The van der Waals surface area contributed by atoms with E-state index in [1.54, 1.807) is 13.8 Å². The molecule has 0 fully saturated rings. The van der Waals surface area contributed by atoms with E-state index < -0.39 is 10.9 Å². The monoisotopic (exact) mass is 317 g/mol. The third kappa shape index (κ3) is 3.69. The lowest BCUT2D eigenvalue weighted by Crippen LogP contribution is -2.15. The van der Waals surface area contributed by atoms with Gasteiger partial charge in [0.05, 0.1) is 16.0 Å². The molecule has 0 aliphatic heterocycles. The molecular formula is C11H12BrNO5. The number of nitro benzene ring substituents is 1. The SMILES string of the molecule is CCOC(=O)COc1c(C)cc([N+](=O)[O-])cc1Br. The molecule has 0 amide bonds. The van der Waals surface area contributed by atoms with E-state index in [0.717, 1.165) is 0 Å². The van der Waals surface area contributed by atoms with Gasteiger partial charge in [-0.25, -0.2) is 4.79 Å². The Kier molecular flexibility index (Phi) is 5.08. The maximum Gasteiger partial charge on any atom is 0.344 e. The zero-order valence-electron chi connectivity index (χ0n) is 9.94. The van der Waals surface area contributed by atoms with E-state index in [1.165, 1.54) is 12.1 Å². The summed E-state index contributed by atoms with van der Waals surface area (Å²) in [6.07, 6.45) is 0. The molecule has 0 saturated heterocycles. The number of halogens is 1. The molecule has 1 rings (SSSR count). The Bertz CT molecular complexity index is 451. The summed E-state index contributed by atoms with van der Waals surface area (Å²) in [5, 5.41) is 10.6. The molecule has 1 aromatic rings. The predicted molar refractivity (Wildman–Crippen MR) is 67.7 cm³/mol. The highest BCUT2D eigenvalue weighted by Gasteiger charge is 2.15. The summed E-state index contributed by atoms with van der Waals surface area (Å²) in [5.41, 5.74) is 0.531. The maximum absolute atomic E-state index is 11.1. The van der Waals surface area contributed by atoms with E-state index >= 15 is 0 Å². The molecular weight excluding hydrogens is 306 g/mol. The van der Waals surface area contributed by atoms with Crippen LogP contribution in [-0.4, -0.2) is 24.1 Å². The molecule has 0 aliphatic carbocycles. The van der Waals surface area contributed by atoms with Crippen LogP contribution in [0.5, 0.6) is 5.75 Å². The maximum atomic E-state index is 11.1. The van der Waals surface area contributed by atoms with Crippen LogP contribution in [0.3, 0.4) is 0 Å². The summed E-state index contributed by atoms with van der Waals surface area (Å²) in [5.74, 6) is -0.0872. The summed E-state index contributed by atoms with van der Waals surface area (Å²) in [6.45, 7) is 3.41. The molecule has 0 heterocycles. The highest BCUT2D eigenvalue weighted by atomic mass is 79.9. The highest BCUT2D eigenvalue weighted by Crippen LogP contribution is 2.33. The second-order valence-corrected chi connectivity index (χ2v) is 4.28. The number of carbonyl (C=O) groups excluding carboxylic acids is 1. The second-order valence-electron chi connectivity index (χ2n) is 3.42. The number of esters is 1. The van der Waals surface area contributed by atoms with Gasteiger partial charge in [0.15, 0.2) is 6.61 Å². The van der Waals surface area contributed by atoms with Crippen LogP contribution in [0.25, 0.3) is 0 Å². The minimum absolute atomic E-state index is 0.0390. The second kappa shape index (κ2) is 6.34. The molecule has 6 nitrogen and oxygen atoms in total. The fourth-order valence-electron chi connectivity index (χ4n) is 1.33. The number of benzene rings is 1. The molecule has 0 aromatic heterocycles. The fourth-order valence-corrected chi connectivity index (χ4v) is 2.00. The predicted octanol–water partition coefficient (Wildman–Crippen LogP) is 2.61. The minimum atomic E-state index is -0.493. The lowest BCUT2D eigenvalue weighted by molar-refractivity contribution is -0.385. The average molecular weight is 318 g/mol. The molecule has 0 bridgehead atoms. The summed E-state index contributed by atoms with van der Waals surface area (Å²) in [7, 11) is 0. The summed E-state index contributed by atoms with van der Waals surface area (Å²) in [4.78, 5) is 21.3. The van der Waals surface area contributed by atoms with Gasteiger partial charge in [-0.1, -0.05) is 0 Å². The Balaban J connectivity index is 2.84. The van der Waals surface area contributed by atoms with Crippen molar-refractivity contribution in [3.05, 3.63) is 32.3 Å². The van der Waals surface area contributed by atoms with Gasteiger partial charge in [-0.3, -0.25) is 10.1 Å². The summed E-state index contributed by atoms with van der Waals surface area (Å²) < 4.78 is 10.4. The van der Waals surface area contributed by atoms with Crippen molar-refractivity contribution in [3.63, 3.8) is 0 Å². The van der Waals surface area contributed by atoms with Crippen LogP contribution >= 0.6 is 15.9 Å². The van der Waals surface area contributed by atoms with Gasteiger partial charge in [0.25, 0.3) is 5.69 Å². The zero-order chi connectivity index (χ0) is 13.7. The number of aryl methyl sites for hydroxylation is 1. The lowest BCUT2D eigenvalue weighted by atomic mass is 10.2. The Hall–Kier alpha value is -1.63. The van der Waals surface area contributed by atoms with Crippen LogP contribution in [0.4, 0.5) is 5.69 Å². The molecule has 0 saturated carbocycles. The average Bonchev–Trinajstić information content (AvgIpc) is 2.27. The van der Waals surface area contributed by atoms with Crippen LogP contribution in [0.1, 0.15) is 12.5 Å². The van der Waals surface area contributed by atoms with E-state index in [0.29, 0.717) is 15.8 Å². The Morgan fingerprint density at radius 2 is 2.17 bits per heavy atom. The lowest BCUT2D eigenvalue weighted by Gasteiger charge is -2.10. The van der Waals surface area contributed by atoms with Gasteiger partial charge in [-0.15, -0.1) is 0 Å². The molecule has 1 aromatic carbocycles. The van der Waals surface area contributed by atoms with Gasteiger partial charge in [-0.05, 0) is 35.3 Å². The van der Waals surface area contributed by atoms with E-state index in [-0.39, 0.29) is 18.9 Å². The van der Waals surface area contributed by atoms with Crippen LogP contribution in [0.15, 0.2) is 16.6 Å². The van der Waals surface area contributed by atoms with Gasteiger partial charge in [0.1, 0.15) is 5.75 Å². The van der Waals surface area contributed by atoms with Crippen LogP contribution in [0.2, 0.25) is 0 Å². The van der Waals surface area contributed by atoms with Crippen LogP contribution in [0, 0.1) is 17.0 Å². The fraction of sp³-hybridized carbons (Fsp3) is 0.364. The van der Waals surface area contributed by atoms with Crippen molar-refractivity contribution >= 4 is 27.6 Å². The molecule has 7 heteroatoms. The van der Waals surface area contributed by atoms with Crippen LogP contribution in [-0.2, 0) is 9.53 Å². The van der Waals surface area contributed by atoms with Gasteiger partial charge in [-0.2, -0.15) is 0 Å². The van der Waals surface area contributed by atoms with Crippen LogP contribution < -0.4 is 4.74 Å². The highest BCUT2D eigenvalue weighted by molar-refractivity contribution is 9.10. The number of carbonyl (C=O) groups is 1. The molecule has 0 atom stereocenters. The van der Waals surface area contributed by atoms with Crippen molar-refractivity contribution in [2.24, 2.45) is 0 Å². The van der Waals surface area contributed by atoms with Crippen molar-refractivity contribution in [1.82, 2.24) is 0 Å². The first kappa shape index (κ1) is 14.4. The van der Waals surface area contributed by atoms with E-state index in [4.69, 9.17) is 9.47 Å². The first-order valence-electron chi connectivity index (χ1n) is 5.18. The minimum Gasteiger partial charge on any atom is -0.480 e. The van der Waals surface area contributed by atoms with E-state index in [9.17, 15) is 14.9 Å². The van der Waals surface area contributed by atoms with Crippen molar-refractivity contribution < 1.29 is 19.2 Å². The van der Waals surface area contributed by atoms with Gasteiger partial charge < -0.3 is 9.47 Å².